The molecular formula is C17H17FN+. The molecule has 0 spiro atoms. The third kappa shape index (κ3) is 2.19. The SMILES string of the molecule is CC1(C)[NH+]=C(Cc2ccc(F)cc2)c2ccccc21. The van der Waals surface area contributed by atoms with Gasteiger partial charge in [0.05, 0.1) is 12.0 Å². The third-order valence-corrected chi connectivity index (χ3v) is 3.68. The first kappa shape index (κ1) is 12.1. The van der Waals surface area contributed by atoms with Crippen LogP contribution in [0.15, 0.2) is 48.5 Å². The molecule has 1 aliphatic rings. The van der Waals surface area contributed by atoms with E-state index in [1.54, 1.807) is 0 Å². The van der Waals surface area contributed by atoms with Gasteiger partial charge < -0.3 is 0 Å². The highest BCUT2D eigenvalue weighted by Crippen LogP contribution is 2.24. The standard InChI is InChI=1S/C17H16FN/c1-17(2)15-6-4-3-5-14(15)16(19-17)11-12-7-9-13(18)10-8-12/h3-10H,11H2,1-2H3/p+1. The molecule has 19 heavy (non-hydrogen) atoms. The van der Waals surface area contributed by atoms with Crippen molar-refractivity contribution in [3.05, 3.63) is 71.0 Å². The molecule has 0 radical (unpaired) electrons. The van der Waals surface area contributed by atoms with E-state index in [4.69, 9.17) is 0 Å². The van der Waals surface area contributed by atoms with E-state index in [-0.39, 0.29) is 11.4 Å². The highest BCUT2D eigenvalue weighted by Gasteiger charge is 2.37. The van der Waals surface area contributed by atoms with Gasteiger partial charge in [-0.05, 0) is 23.8 Å². The van der Waals surface area contributed by atoms with Gasteiger partial charge in [-0.3, -0.25) is 0 Å². The van der Waals surface area contributed by atoms with Crippen LogP contribution in [-0.4, -0.2) is 5.71 Å². The molecule has 0 saturated carbocycles. The summed E-state index contributed by atoms with van der Waals surface area (Å²) in [5, 5.41) is 0. The smallest absolute Gasteiger partial charge is 0.187 e. The van der Waals surface area contributed by atoms with Crippen LogP contribution in [0.5, 0.6) is 0 Å². The Balaban J connectivity index is 1.96. The van der Waals surface area contributed by atoms with Gasteiger partial charge in [0.25, 0.3) is 0 Å². The Morgan fingerprint density at radius 2 is 1.68 bits per heavy atom. The lowest BCUT2D eigenvalue weighted by atomic mass is 9.92. The maximum absolute atomic E-state index is 12.9. The van der Waals surface area contributed by atoms with Crippen molar-refractivity contribution in [3.63, 3.8) is 0 Å². The average molecular weight is 254 g/mol. The van der Waals surface area contributed by atoms with Gasteiger partial charge in [0, 0.05) is 19.4 Å². The summed E-state index contributed by atoms with van der Waals surface area (Å²) < 4.78 is 12.9. The fourth-order valence-corrected chi connectivity index (χ4v) is 2.75. The first-order chi connectivity index (χ1) is 9.06. The fraction of sp³-hybridized carbons (Fsp3) is 0.235. The highest BCUT2D eigenvalue weighted by atomic mass is 19.1. The fourth-order valence-electron chi connectivity index (χ4n) is 2.75. The van der Waals surface area contributed by atoms with E-state index in [9.17, 15) is 4.39 Å². The summed E-state index contributed by atoms with van der Waals surface area (Å²) >= 11 is 0. The van der Waals surface area contributed by atoms with Crippen molar-refractivity contribution in [3.8, 4) is 0 Å². The monoisotopic (exact) mass is 254 g/mol. The maximum atomic E-state index is 12.9. The second-order valence-corrected chi connectivity index (χ2v) is 5.58. The zero-order chi connectivity index (χ0) is 13.5. The maximum Gasteiger partial charge on any atom is 0.187 e. The molecule has 0 fully saturated rings. The van der Waals surface area contributed by atoms with Gasteiger partial charge in [0.2, 0.25) is 0 Å². The number of nitrogens with one attached hydrogen (secondary N) is 1. The number of hydrogen-bond donors (Lipinski definition) is 1. The zero-order valence-corrected chi connectivity index (χ0v) is 11.2. The van der Waals surface area contributed by atoms with Gasteiger partial charge in [-0.15, -0.1) is 0 Å². The Labute approximate surface area is 112 Å². The van der Waals surface area contributed by atoms with Gasteiger partial charge in [0.15, 0.2) is 11.3 Å². The predicted octanol–water partition coefficient (Wildman–Crippen LogP) is 2.19. The summed E-state index contributed by atoms with van der Waals surface area (Å²) in [5.74, 6) is -0.186. The van der Waals surface area contributed by atoms with Crippen LogP contribution in [0, 0.1) is 5.82 Å². The second-order valence-electron chi connectivity index (χ2n) is 5.58. The van der Waals surface area contributed by atoms with Crippen molar-refractivity contribution in [1.82, 2.24) is 0 Å². The van der Waals surface area contributed by atoms with Gasteiger partial charge in [0.1, 0.15) is 5.82 Å². The molecule has 1 N–H and O–H groups in total. The first-order valence-corrected chi connectivity index (χ1v) is 6.54. The first-order valence-electron chi connectivity index (χ1n) is 6.54. The normalized spacial score (nSPS) is 16.1. The van der Waals surface area contributed by atoms with E-state index in [1.807, 2.05) is 12.1 Å². The van der Waals surface area contributed by atoms with Crippen LogP contribution in [0.2, 0.25) is 0 Å². The molecule has 0 aliphatic carbocycles. The Bertz CT molecular complexity index is 639. The van der Waals surface area contributed by atoms with Gasteiger partial charge in [-0.1, -0.05) is 30.3 Å². The van der Waals surface area contributed by atoms with E-state index < -0.39 is 0 Å². The molecule has 0 atom stereocenters. The van der Waals surface area contributed by atoms with E-state index in [2.05, 4.69) is 43.1 Å². The number of hydrogen-bond acceptors (Lipinski definition) is 0. The van der Waals surface area contributed by atoms with Crippen LogP contribution in [0.4, 0.5) is 4.39 Å². The zero-order valence-electron chi connectivity index (χ0n) is 11.2. The van der Waals surface area contributed by atoms with Crippen LogP contribution >= 0.6 is 0 Å². The Morgan fingerprint density at radius 3 is 2.42 bits per heavy atom. The minimum Gasteiger partial charge on any atom is -0.236 e. The number of fused-ring (bicyclic) bond motifs is 1. The Morgan fingerprint density at radius 1 is 1.00 bits per heavy atom. The topological polar surface area (TPSA) is 14.0 Å². The molecule has 0 unspecified atom stereocenters. The molecule has 1 nitrogen and oxygen atoms in total. The van der Waals surface area contributed by atoms with Crippen molar-refractivity contribution in [1.29, 1.82) is 0 Å². The van der Waals surface area contributed by atoms with E-state index in [1.165, 1.54) is 29.0 Å². The molecule has 2 aromatic rings. The van der Waals surface area contributed by atoms with Crippen molar-refractivity contribution >= 4 is 5.71 Å². The molecule has 0 saturated heterocycles. The van der Waals surface area contributed by atoms with E-state index in [0.29, 0.717) is 0 Å². The molecule has 96 valence electrons. The van der Waals surface area contributed by atoms with Crippen LogP contribution in [0.25, 0.3) is 0 Å². The lowest BCUT2D eigenvalue weighted by molar-refractivity contribution is -0.548. The molecule has 2 heteroatoms. The highest BCUT2D eigenvalue weighted by molar-refractivity contribution is 6.00. The molecule has 1 aliphatic heterocycles. The molecule has 2 aromatic carbocycles. The minimum absolute atomic E-state index is 0.0358. The quantitative estimate of drug-likeness (QED) is 0.844. The van der Waals surface area contributed by atoms with Gasteiger partial charge in [-0.2, -0.15) is 0 Å². The Kier molecular flexibility index (Phi) is 2.74. The van der Waals surface area contributed by atoms with Gasteiger partial charge in [-0.25, -0.2) is 9.38 Å². The molecule has 0 amide bonds. The molecule has 0 aromatic heterocycles. The van der Waals surface area contributed by atoms with Gasteiger partial charge >= 0.3 is 0 Å². The summed E-state index contributed by atoms with van der Waals surface area (Å²) in [6.45, 7) is 4.37. The summed E-state index contributed by atoms with van der Waals surface area (Å²) in [4.78, 5) is 3.58. The number of benzene rings is 2. The van der Waals surface area contributed by atoms with E-state index >= 15 is 0 Å². The van der Waals surface area contributed by atoms with Crippen molar-refractivity contribution in [2.75, 3.05) is 0 Å². The Hall–Kier alpha value is -1.96. The van der Waals surface area contributed by atoms with E-state index in [0.717, 1.165) is 12.0 Å². The average Bonchev–Trinajstić information content (AvgIpc) is 2.65. The van der Waals surface area contributed by atoms with Crippen LogP contribution in [-0.2, 0) is 12.0 Å². The minimum atomic E-state index is -0.186. The largest absolute Gasteiger partial charge is 0.236 e. The summed E-state index contributed by atoms with van der Waals surface area (Å²) in [5.41, 5.74) is 4.90. The summed E-state index contributed by atoms with van der Waals surface area (Å²) in [6, 6.07) is 15.2. The molecule has 1 heterocycles. The number of halogens is 1. The number of rotatable bonds is 2. The summed E-state index contributed by atoms with van der Waals surface area (Å²) in [6.07, 6.45) is 0.806. The third-order valence-electron chi connectivity index (χ3n) is 3.68. The van der Waals surface area contributed by atoms with Crippen LogP contribution in [0.1, 0.15) is 30.5 Å². The predicted molar refractivity (Wildman–Crippen MR) is 74.6 cm³/mol. The molecular weight excluding hydrogens is 237 g/mol. The molecule has 3 rings (SSSR count). The van der Waals surface area contributed by atoms with Crippen LogP contribution in [0.3, 0.4) is 0 Å². The van der Waals surface area contributed by atoms with Crippen molar-refractivity contribution in [2.45, 2.75) is 25.8 Å². The summed E-state index contributed by atoms with van der Waals surface area (Å²) in [7, 11) is 0. The van der Waals surface area contributed by atoms with Crippen LogP contribution < -0.4 is 4.99 Å². The lowest BCUT2D eigenvalue weighted by Gasteiger charge is -2.09. The lowest BCUT2D eigenvalue weighted by Crippen LogP contribution is -2.80. The van der Waals surface area contributed by atoms with Crippen molar-refractivity contribution < 1.29 is 9.38 Å². The molecule has 0 bridgehead atoms. The second kappa shape index (κ2) is 4.30. The van der Waals surface area contributed by atoms with Crippen molar-refractivity contribution in [2.24, 2.45) is 0 Å².